The molecule has 0 spiro atoms. The first-order chi connectivity index (χ1) is 4.20. The van der Waals surface area contributed by atoms with Crippen LogP contribution in [0.1, 0.15) is 12.8 Å². The average molecular weight is 136 g/mol. The Labute approximate surface area is 50.8 Å². The summed E-state index contributed by atoms with van der Waals surface area (Å²) >= 11 is 0. The molecule has 0 aliphatic carbocycles. The third-order valence-corrected chi connectivity index (χ3v) is 1.20. The Hall–Kier alpha value is -0.670. The molecule has 1 aliphatic rings. The number of halogens is 2. The minimum atomic E-state index is -2.52. The SMILES string of the molecule is O=C1CC[C@@H](C(F)F)O1. The lowest BCUT2D eigenvalue weighted by molar-refractivity contribution is -0.146. The molecular formula is C5H6F2O2. The second-order valence-electron chi connectivity index (χ2n) is 1.90. The number of cyclic esters (lactones) is 1. The third-order valence-electron chi connectivity index (χ3n) is 1.20. The van der Waals surface area contributed by atoms with Crippen molar-refractivity contribution in [2.24, 2.45) is 0 Å². The minimum absolute atomic E-state index is 0.134. The topological polar surface area (TPSA) is 26.3 Å². The van der Waals surface area contributed by atoms with Crippen molar-refractivity contribution in [3.8, 4) is 0 Å². The number of esters is 1. The van der Waals surface area contributed by atoms with Gasteiger partial charge in [0, 0.05) is 12.8 Å². The van der Waals surface area contributed by atoms with Crippen LogP contribution in [0.4, 0.5) is 8.78 Å². The van der Waals surface area contributed by atoms with E-state index in [0.717, 1.165) is 0 Å². The molecule has 9 heavy (non-hydrogen) atoms. The Balaban J connectivity index is 2.39. The van der Waals surface area contributed by atoms with Crippen LogP contribution in [0.5, 0.6) is 0 Å². The summed E-state index contributed by atoms with van der Waals surface area (Å²) in [6.45, 7) is 0. The molecule has 52 valence electrons. The highest BCUT2D eigenvalue weighted by molar-refractivity contribution is 5.71. The summed E-state index contributed by atoms with van der Waals surface area (Å²) in [5.41, 5.74) is 0. The fraction of sp³-hybridized carbons (Fsp3) is 0.800. The van der Waals surface area contributed by atoms with Gasteiger partial charge in [0.15, 0.2) is 6.10 Å². The Morgan fingerprint density at radius 1 is 1.67 bits per heavy atom. The van der Waals surface area contributed by atoms with Crippen molar-refractivity contribution in [1.29, 1.82) is 0 Å². The summed E-state index contributed by atoms with van der Waals surface area (Å²) in [5, 5.41) is 0. The Morgan fingerprint density at radius 2 is 2.33 bits per heavy atom. The summed E-state index contributed by atoms with van der Waals surface area (Å²) in [5.74, 6) is -0.514. The second-order valence-corrected chi connectivity index (χ2v) is 1.90. The monoisotopic (exact) mass is 136 g/mol. The van der Waals surface area contributed by atoms with Gasteiger partial charge in [0.25, 0.3) is 6.43 Å². The number of carbonyl (C=O) groups excluding carboxylic acids is 1. The lowest BCUT2D eigenvalue weighted by Crippen LogP contribution is -2.16. The number of hydrogen-bond donors (Lipinski definition) is 0. The lowest BCUT2D eigenvalue weighted by Gasteiger charge is -2.04. The molecule has 0 N–H and O–H groups in total. The number of hydrogen-bond acceptors (Lipinski definition) is 2. The number of rotatable bonds is 1. The minimum Gasteiger partial charge on any atom is -0.456 e. The van der Waals surface area contributed by atoms with E-state index in [4.69, 9.17) is 0 Å². The largest absolute Gasteiger partial charge is 0.456 e. The first-order valence-electron chi connectivity index (χ1n) is 2.68. The first-order valence-corrected chi connectivity index (χ1v) is 2.68. The molecule has 0 bridgehead atoms. The highest BCUT2D eigenvalue weighted by Crippen LogP contribution is 2.19. The van der Waals surface area contributed by atoms with E-state index in [2.05, 4.69) is 4.74 Å². The average Bonchev–Trinajstić information content (AvgIpc) is 2.14. The van der Waals surface area contributed by atoms with Crippen molar-refractivity contribution in [1.82, 2.24) is 0 Å². The van der Waals surface area contributed by atoms with Gasteiger partial charge in [-0.1, -0.05) is 0 Å². The van der Waals surface area contributed by atoms with Gasteiger partial charge in [-0.2, -0.15) is 0 Å². The van der Waals surface area contributed by atoms with Gasteiger partial charge < -0.3 is 4.74 Å². The van der Waals surface area contributed by atoms with Crippen LogP contribution >= 0.6 is 0 Å². The van der Waals surface area contributed by atoms with Crippen LogP contribution in [0.15, 0.2) is 0 Å². The summed E-state index contributed by atoms with van der Waals surface area (Å²) in [7, 11) is 0. The van der Waals surface area contributed by atoms with Crippen molar-refractivity contribution in [3.05, 3.63) is 0 Å². The molecular weight excluding hydrogens is 130 g/mol. The summed E-state index contributed by atoms with van der Waals surface area (Å²) < 4.78 is 27.5. The van der Waals surface area contributed by atoms with Crippen LogP contribution in [-0.2, 0) is 9.53 Å². The molecule has 0 radical (unpaired) electrons. The van der Waals surface area contributed by atoms with Gasteiger partial charge in [0.1, 0.15) is 0 Å². The summed E-state index contributed by atoms with van der Waals surface area (Å²) in [6, 6.07) is 0. The molecule has 1 fully saturated rings. The fourth-order valence-corrected chi connectivity index (χ4v) is 0.724. The molecule has 1 aliphatic heterocycles. The molecule has 0 unspecified atom stereocenters. The predicted molar refractivity (Wildman–Crippen MR) is 25.1 cm³/mol. The standard InChI is InChI=1S/C5H6F2O2/c6-5(7)3-1-2-4(8)9-3/h3,5H,1-2H2/t3-/m0/s1. The smallest absolute Gasteiger partial charge is 0.306 e. The predicted octanol–water partition coefficient (Wildman–Crippen LogP) is 0.957. The van der Waals surface area contributed by atoms with Crippen molar-refractivity contribution in [2.75, 3.05) is 0 Å². The fourth-order valence-electron chi connectivity index (χ4n) is 0.724. The van der Waals surface area contributed by atoms with Crippen LogP contribution < -0.4 is 0 Å². The van der Waals surface area contributed by atoms with Gasteiger partial charge >= 0.3 is 5.97 Å². The van der Waals surface area contributed by atoms with Crippen LogP contribution in [0.2, 0.25) is 0 Å². The normalized spacial score (nSPS) is 27.0. The maximum absolute atomic E-state index is 11.6. The molecule has 1 atom stereocenters. The Morgan fingerprint density at radius 3 is 2.56 bits per heavy atom. The van der Waals surface area contributed by atoms with Gasteiger partial charge in [0.2, 0.25) is 0 Å². The van der Waals surface area contributed by atoms with E-state index in [-0.39, 0.29) is 12.8 Å². The molecule has 1 saturated heterocycles. The zero-order chi connectivity index (χ0) is 6.85. The first kappa shape index (κ1) is 6.45. The quantitative estimate of drug-likeness (QED) is 0.502. The molecule has 0 aromatic heterocycles. The van der Waals surface area contributed by atoms with Crippen LogP contribution in [-0.4, -0.2) is 18.5 Å². The van der Waals surface area contributed by atoms with Crippen LogP contribution in [0, 0.1) is 0 Å². The third kappa shape index (κ3) is 1.37. The summed E-state index contributed by atoms with van der Waals surface area (Å²) in [6.07, 6.45) is -3.36. The van der Waals surface area contributed by atoms with Crippen LogP contribution in [0.3, 0.4) is 0 Å². The highest BCUT2D eigenvalue weighted by Gasteiger charge is 2.30. The Bertz CT molecular complexity index is 124. The van der Waals surface area contributed by atoms with Gasteiger partial charge in [0.05, 0.1) is 0 Å². The molecule has 1 rings (SSSR count). The van der Waals surface area contributed by atoms with Crippen molar-refractivity contribution in [3.63, 3.8) is 0 Å². The molecule has 0 aromatic carbocycles. The number of ether oxygens (including phenoxy) is 1. The van der Waals surface area contributed by atoms with Gasteiger partial charge in [-0.3, -0.25) is 4.79 Å². The zero-order valence-corrected chi connectivity index (χ0v) is 4.64. The van der Waals surface area contributed by atoms with E-state index in [1.165, 1.54) is 0 Å². The van der Waals surface area contributed by atoms with Crippen molar-refractivity contribution >= 4 is 5.97 Å². The maximum atomic E-state index is 11.6. The highest BCUT2D eigenvalue weighted by atomic mass is 19.3. The molecule has 2 nitrogen and oxygen atoms in total. The molecule has 0 saturated carbocycles. The van der Waals surface area contributed by atoms with E-state index in [1.54, 1.807) is 0 Å². The zero-order valence-electron chi connectivity index (χ0n) is 4.64. The van der Waals surface area contributed by atoms with E-state index in [1.807, 2.05) is 0 Å². The van der Waals surface area contributed by atoms with Gasteiger partial charge in [-0.05, 0) is 0 Å². The number of alkyl halides is 2. The van der Waals surface area contributed by atoms with Crippen molar-refractivity contribution < 1.29 is 18.3 Å². The summed E-state index contributed by atoms with van der Waals surface area (Å²) in [4.78, 5) is 10.2. The van der Waals surface area contributed by atoms with Gasteiger partial charge in [-0.15, -0.1) is 0 Å². The second kappa shape index (κ2) is 2.29. The van der Waals surface area contributed by atoms with E-state index >= 15 is 0 Å². The van der Waals surface area contributed by atoms with Crippen molar-refractivity contribution in [2.45, 2.75) is 25.4 Å². The number of carbonyl (C=O) groups is 1. The Kier molecular flexibility index (Phi) is 1.64. The lowest BCUT2D eigenvalue weighted by atomic mass is 10.2. The van der Waals surface area contributed by atoms with Gasteiger partial charge in [-0.25, -0.2) is 8.78 Å². The molecule has 4 heteroatoms. The van der Waals surface area contributed by atoms with Crippen LogP contribution in [0.25, 0.3) is 0 Å². The molecule has 0 amide bonds. The molecule has 0 aromatic rings. The molecule has 1 heterocycles. The van der Waals surface area contributed by atoms with E-state index in [9.17, 15) is 13.6 Å². The van der Waals surface area contributed by atoms with E-state index < -0.39 is 18.5 Å². The maximum Gasteiger partial charge on any atom is 0.306 e. The van der Waals surface area contributed by atoms with E-state index in [0.29, 0.717) is 0 Å².